The molecule has 1 amide bonds. The van der Waals surface area contributed by atoms with Gasteiger partial charge in [-0.15, -0.1) is 0 Å². The van der Waals surface area contributed by atoms with Gasteiger partial charge in [-0.2, -0.15) is 10.2 Å². The largest absolute Gasteiger partial charge is 0.438 e. The van der Waals surface area contributed by atoms with Crippen LogP contribution in [0, 0.1) is 31.4 Å². The molecular formula is C53H57F2N11O7S. The second-order valence-electron chi connectivity index (χ2n) is 21.8. The molecule has 18 nitrogen and oxygen atoms in total. The van der Waals surface area contributed by atoms with Crippen LogP contribution in [0.15, 0.2) is 81.2 Å². The zero-order chi connectivity index (χ0) is 52.1. The maximum Gasteiger partial charge on any atom is 0.438 e. The third-order valence-corrected chi connectivity index (χ3v) is 18.0. The summed E-state index contributed by atoms with van der Waals surface area (Å²) in [7, 11) is -1.91. The fraction of sp³-hybridized carbons (Fsp3) is 0.434. The second-order valence-corrected chi connectivity index (χ2v) is 23.8. The summed E-state index contributed by atoms with van der Waals surface area (Å²) in [4.78, 5) is 48.6. The Bertz CT molecular complexity index is 3860. The average molecular weight is 1030 g/mol. The molecule has 74 heavy (non-hydrogen) atoms. The van der Waals surface area contributed by atoms with Crippen LogP contribution >= 0.6 is 0 Å². The Labute approximate surface area is 424 Å². The average Bonchev–Trinajstić information content (AvgIpc) is 4.00. The summed E-state index contributed by atoms with van der Waals surface area (Å²) in [6.07, 6.45) is 8.32. The van der Waals surface area contributed by atoms with Gasteiger partial charge in [-0.25, -0.2) is 35.8 Å². The number of carbonyl (C=O) groups is 1. The lowest BCUT2D eigenvalue weighted by Gasteiger charge is -2.48. The minimum Gasteiger partial charge on any atom is -0.376 e. The number of hydrogen-bond donors (Lipinski definition) is 1. The molecule has 8 aromatic rings. The number of H-pyrrole nitrogens is 1. The summed E-state index contributed by atoms with van der Waals surface area (Å²) in [6.45, 7) is 12.4. The molecule has 4 atom stereocenters. The monoisotopic (exact) mass is 1030 g/mol. The first-order chi connectivity index (χ1) is 35.1. The number of halogens is 2. The van der Waals surface area contributed by atoms with Crippen molar-refractivity contribution in [2.75, 3.05) is 32.5 Å². The zero-order valence-electron chi connectivity index (χ0n) is 42.4. The second kappa shape index (κ2) is 16.5. The third-order valence-electron chi connectivity index (χ3n) is 16.7. The minimum absolute atomic E-state index is 0.00895. The van der Waals surface area contributed by atoms with Crippen molar-refractivity contribution < 1.29 is 31.3 Å². The Balaban J connectivity index is 1.07. The number of carbonyl (C=O) groups excluding carboxylic acids is 1. The Morgan fingerprint density at radius 3 is 2.28 bits per heavy atom. The number of imidazole rings is 1. The lowest BCUT2D eigenvalue weighted by atomic mass is 9.70. The molecule has 0 unspecified atom stereocenters. The molecule has 1 spiro atoms. The Hall–Kier alpha value is -6.97. The van der Waals surface area contributed by atoms with Crippen LogP contribution in [0.4, 0.5) is 8.78 Å². The molecule has 0 bridgehead atoms. The van der Waals surface area contributed by atoms with Crippen LogP contribution in [0.2, 0.25) is 0 Å². The topological polar surface area (TPSA) is 193 Å². The summed E-state index contributed by atoms with van der Waals surface area (Å²) in [5.74, 6) is -1.43. The molecule has 1 N–H and O–H groups in total. The number of aromatic nitrogens is 9. The van der Waals surface area contributed by atoms with Gasteiger partial charge in [-0.3, -0.25) is 28.1 Å². The highest BCUT2D eigenvalue weighted by Crippen LogP contribution is 2.57. The van der Waals surface area contributed by atoms with E-state index in [-0.39, 0.29) is 72.7 Å². The van der Waals surface area contributed by atoms with E-state index in [1.54, 1.807) is 53.4 Å². The van der Waals surface area contributed by atoms with E-state index in [4.69, 9.17) is 14.4 Å². The van der Waals surface area contributed by atoms with Crippen LogP contribution < -0.4 is 11.4 Å². The number of aromatic amines is 1. The Kier molecular flexibility index (Phi) is 10.7. The normalized spacial score (nSPS) is 22.8. The van der Waals surface area contributed by atoms with E-state index in [2.05, 4.69) is 41.2 Å². The van der Waals surface area contributed by atoms with Crippen molar-refractivity contribution in [2.45, 2.75) is 102 Å². The van der Waals surface area contributed by atoms with E-state index in [9.17, 15) is 13.2 Å². The number of amides is 1. The number of fused-ring (bicyclic) bond motifs is 4. The summed E-state index contributed by atoms with van der Waals surface area (Å²) in [6, 6.07) is 13.9. The lowest BCUT2D eigenvalue weighted by Crippen LogP contribution is -2.55. The molecule has 3 fully saturated rings. The van der Waals surface area contributed by atoms with Gasteiger partial charge in [0, 0.05) is 67.6 Å². The van der Waals surface area contributed by atoms with Gasteiger partial charge in [0.2, 0.25) is 10.0 Å². The highest BCUT2D eigenvalue weighted by molar-refractivity contribution is 7.88. The van der Waals surface area contributed by atoms with Crippen molar-refractivity contribution in [1.29, 1.82) is 0 Å². The van der Waals surface area contributed by atoms with Crippen LogP contribution in [-0.2, 0) is 32.8 Å². The SMILES string of the molecule is Cc1cc(-n2nc3c(c2-n2ccn(-c4ccc5c(cnn5C)c4F)c2=O)[C@H](C)N(C(=O)c2cc4cc([C@H]5CCOC(C)(C)C5)ccc4n2[C@@]2(c4noc(=O)[nH]4)C[C@@H]2C)CC32CCN(S(C)(=O)=O)CC2)cc(C)c1F. The van der Waals surface area contributed by atoms with E-state index in [0.717, 1.165) is 29.3 Å². The van der Waals surface area contributed by atoms with Gasteiger partial charge in [0.1, 0.15) is 22.9 Å². The van der Waals surface area contributed by atoms with Gasteiger partial charge in [0.05, 0.1) is 52.1 Å². The van der Waals surface area contributed by atoms with E-state index < -0.39 is 50.1 Å². The number of rotatable bonds is 8. The number of piperidine rings is 1. The number of aryl methyl sites for hydroxylation is 3. The summed E-state index contributed by atoms with van der Waals surface area (Å²) in [5.41, 5.74) is 2.07. The summed E-state index contributed by atoms with van der Waals surface area (Å²) < 4.78 is 78.5. The predicted molar refractivity (Wildman–Crippen MR) is 271 cm³/mol. The number of hydrogen-bond acceptors (Lipinski definition) is 10. The maximum atomic E-state index is 16.4. The minimum atomic E-state index is -3.61. The van der Waals surface area contributed by atoms with Crippen LogP contribution in [0.3, 0.4) is 0 Å². The van der Waals surface area contributed by atoms with Crippen LogP contribution in [-0.4, -0.2) is 105 Å². The van der Waals surface area contributed by atoms with Crippen molar-refractivity contribution in [2.24, 2.45) is 13.0 Å². The van der Waals surface area contributed by atoms with Crippen molar-refractivity contribution in [3.05, 3.63) is 139 Å². The molecular weight excluding hydrogens is 973 g/mol. The van der Waals surface area contributed by atoms with Crippen LogP contribution in [0.25, 0.3) is 39.0 Å². The molecule has 1 aliphatic carbocycles. The molecule has 1 saturated carbocycles. The molecule has 8 heterocycles. The Morgan fingerprint density at radius 2 is 1.62 bits per heavy atom. The van der Waals surface area contributed by atoms with Gasteiger partial charge in [-0.1, -0.05) is 18.1 Å². The third kappa shape index (κ3) is 7.23. The molecule has 3 aromatic carbocycles. The molecule has 21 heteroatoms. The lowest BCUT2D eigenvalue weighted by molar-refractivity contribution is -0.0592. The highest BCUT2D eigenvalue weighted by atomic mass is 32.2. The fourth-order valence-electron chi connectivity index (χ4n) is 12.6. The van der Waals surface area contributed by atoms with Gasteiger partial charge in [-0.05, 0) is 138 Å². The molecule has 4 aliphatic rings. The predicted octanol–water partition coefficient (Wildman–Crippen LogP) is 7.19. The molecule has 386 valence electrons. The molecule has 12 rings (SSSR count). The van der Waals surface area contributed by atoms with E-state index in [1.165, 1.54) is 44.4 Å². The first-order valence-corrected chi connectivity index (χ1v) is 26.9. The van der Waals surface area contributed by atoms with E-state index >= 15 is 18.4 Å². The number of sulfonamides is 1. The molecule has 2 saturated heterocycles. The molecule has 5 aromatic heterocycles. The van der Waals surface area contributed by atoms with Crippen LogP contribution in [0.1, 0.15) is 116 Å². The van der Waals surface area contributed by atoms with E-state index in [1.807, 2.05) is 30.5 Å². The van der Waals surface area contributed by atoms with Gasteiger partial charge >= 0.3 is 11.4 Å². The summed E-state index contributed by atoms with van der Waals surface area (Å²) >= 11 is 0. The van der Waals surface area contributed by atoms with Gasteiger partial charge < -0.3 is 14.2 Å². The first kappa shape index (κ1) is 48.0. The number of ether oxygens (including phenoxy) is 1. The number of nitrogens with one attached hydrogen (secondary N) is 1. The summed E-state index contributed by atoms with van der Waals surface area (Å²) in [5, 5.41) is 14.8. The zero-order valence-corrected chi connectivity index (χ0v) is 43.3. The maximum absolute atomic E-state index is 16.4. The van der Waals surface area contributed by atoms with Crippen molar-refractivity contribution in [3.63, 3.8) is 0 Å². The quantitative estimate of drug-likeness (QED) is 0.163. The number of nitrogens with zero attached hydrogens (tertiary/aromatic N) is 10. The van der Waals surface area contributed by atoms with Crippen LogP contribution in [0.5, 0.6) is 0 Å². The van der Waals surface area contributed by atoms with Gasteiger partial charge in [0.25, 0.3) is 5.91 Å². The number of benzene rings is 3. The fourth-order valence-corrected chi connectivity index (χ4v) is 13.5. The first-order valence-electron chi connectivity index (χ1n) is 25.0. The smallest absolute Gasteiger partial charge is 0.376 e. The van der Waals surface area contributed by atoms with Crippen molar-refractivity contribution in [3.8, 4) is 17.2 Å². The molecule has 0 radical (unpaired) electrons. The van der Waals surface area contributed by atoms with Crippen molar-refractivity contribution >= 4 is 37.7 Å². The standard InChI is InChI=1S/C53H57F2N11O7S/c1-29-21-36(22-30(2)43(29)54)66-46(63-19-18-62(50(63)69)40-12-11-39-37(44(40)55)27-56-60(39)7)42-32(4)64(28-52(45(42)58-66)14-16-61(17-15-52)74(8,70)71)47(67)41-24-35-23-33(34-13-20-72-51(5,6)26-34)9-10-38(35)65(41)53(25-31(53)3)48-57-49(68)73-59-48/h9-12,18-19,21-24,27,31-32,34H,13-17,20,25-26,28H2,1-8H3,(H,57,59,68)/t31-,32-,34-,53-/m0/s1. The highest BCUT2D eigenvalue weighted by Gasteiger charge is 2.60. The van der Waals surface area contributed by atoms with Crippen molar-refractivity contribution in [1.82, 2.24) is 52.6 Å². The van der Waals surface area contributed by atoms with Gasteiger partial charge in [0.15, 0.2) is 11.6 Å². The van der Waals surface area contributed by atoms with E-state index in [0.29, 0.717) is 58.1 Å². The Morgan fingerprint density at radius 1 is 0.919 bits per heavy atom. The molecule has 3 aliphatic heterocycles.